The largest absolute Gasteiger partial charge is 0.291 e. The highest BCUT2D eigenvalue weighted by molar-refractivity contribution is 7.61. The van der Waals surface area contributed by atoms with Gasteiger partial charge in [-0.25, -0.2) is 0 Å². The summed E-state index contributed by atoms with van der Waals surface area (Å²) in [5, 5.41) is 0. The molecular weight excluding hydrogens is 359 g/mol. The van der Waals surface area contributed by atoms with Crippen molar-refractivity contribution in [2.75, 3.05) is 18.9 Å². The van der Waals surface area contributed by atoms with E-state index in [9.17, 15) is 0 Å². The summed E-state index contributed by atoms with van der Waals surface area (Å²) in [6.45, 7) is 15.4. The van der Waals surface area contributed by atoms with Gasteiger partial charge in [-0.3, -0.25) is 4.90 Å². The van der Waals surface area contributed by atoms with Gasteiger partial charge in [0.2, 0.25) is 0 Å². The first-order valence-electron chi connectivity index (χ1n) is 10.9. The van der Waals surface area contributed by atoms with Gasteiger partial charge in [-0.15, -0.1) is 0 Å². The molecule has 3 aliphatic rings. The van der Waals surface area contributed by atoms with E-state index in [1.807, 2.05) is 0 Å². The summed E-state index contributed by atoms with van der Waals surface area (Å²) >= 11 is 0. The maximum absolute atomic E-state index is 3.05. The molecule has 3 aliphatic heterocycles. The van der Waals surface area contributed by atoms with E-state index in [0.717, 1.165) is 34.0 Å². The molecule has 0 unspecified atom stereocenters. The van der Waals surface area contributed by atoms with Crippen molar-refractivity contribution >= 4 is 23.8 Å². The third kappa shape index (κ3) is 5.00. The van der Waals surface area contributed by atoms with Gasteiger partial charge in [0.15, 0.2) is 0 Å². The number of nitrogens with zero attached hydrogens (tertiary/aromatic N) is 1. The third-order valence-electron chi connectivity index (χ3n) is 7.49. The fourth-order valence-corrected chi connectivity index (χ4v) is 15.0. The van der Waals surface area contributed by atoms with Crippen molar-refractivity contribution in [3.8, 4) is 0 Å². The molecule has 0 saturated carbocycles. The van der Waals surface area contributed by atoms with E-state index in [1.165, 1.54) is 57.4 Å². The summed E-state index contributed by atoms with van der Waals surface area (Å²) in [5.41, 5.74) is 6.11. The first-order chi connectivity index (χ1) is 11.9. The maximum atomic E-state index is 3.05. The SMILES string of the molecule is C[C@@H]1CC[C@@H](C)P1CN(CP1[C@H](C)CC[C@H]1C)CP1[C@H](C)CC[C@H]1C. The minimum Gasteiger partial charge on any atom is -0.291 e. The maximum Gasteiger partial charge on any atom is 0.0196 e. The lowest BCUT2D eigenvalue weighted by Crippen LogP contribution is -2.30. The van der Waals surface area contributed by atoms with Gasteiger partial charge in [-0.05, 0) is 72.5 Å². The molecule has 4 heteroatoms. The zero-order chi connectivity index (χ0) is 18.1. The smallest absolute Gasteiger partial charge is 0.0196 e. The van der Waals surface area contributed by atoms with Gasteiger partial charge < -0.3 is 0 Å². The van der Waals surface area contributed by atoms with Crippen LogP contribution in [0.25, 0.3) is 0 Å². The second-order valence-corrected chi connectivity index (χ2v) is 18.7. The molecule has 0 bridgehead atoms. The highest BCUT2D eigenvalue weighted by Crippen LogP contribution is 2.61. The number of hydrogen-bond acceptors (Lipinski definition) is 1. The van der Waals surface area contributed by atoms with Gasteiger partial charge in [0.1, 0.15) is 0 Å². The lowest BCUT2D eigenvalue weighted by molar-refractivity contribution is 0.431. The molecule has 0 spiro atoms. The monoisotopic (exact) mass is 401 g/mol. The predicted octanol–water partition coefficient (Wildman–Crippen LogP) is 7.32. The van der Waals surface area contributed by atoms with Crippen LogP contribution in [-0.4, -0.2) is 57.7 Å². The fraction of sp³-hybridized carbons (Fsp3) is 1.00. The molecule has 25 heavy (non-hydrogen) atoms. The quantitative estimate of drug-likeness (QED) is 0.422. The van der Waals surface area contributed by atoms with Crippen LogP contribution in [0.15, 0.2) is 0 Å². The van der Waals surface area contributed by atoms with Gasteiger partial charge in [-0.2, -0.15) is 0 Å². The molecule has 6 atom stereocenters. The van der Waals surface area contributed by atoms with Crippen molar-refractivity contribution in [1.82, 2.24) is 4.90 Å². The summed E-state index contributed by atoms with van der Waals surface area (Å²) in [6.07, 6.45) is 13.5. The molecule has 0 aromatic carbocycles. The molecule has 3 rings (SSSR count). The first-order valence-corrected chi connectivity index (χ1v) is 15.9. The van der Waals surface area contributed by atoms with E-state index in [1.54, 1.807) is 0 Å². The van der Waals surface area contributed by atoms with Crippen molar-refractivity contribution in [2.24, 2.45) is 0 Å². The Morgan fingerprint density at radius 2 is 0.680 bits per heavy atom. The molecule has 0 aromatic heterocycles. The van der Waals surface area contributed by atoms with Crippen LogP contribution >= 0.6 is 23.8 Å². The summed E-state index contributed by atoms with van der Waals surface area (Å²) < 4.78 is 0. The van der Waals surface area contributed by atoms with E-state index in [0.29, 0.717) is 0 Å². The van der Waals surface area contributed by atoms with Gasteiger partial charge >= 0.3 is 0 Å². The zero-order valence-corrected chi connectivity index (χ0v) is 20.3. The van der Waals surface area contributed by atoms with E-state index < -0.39 is 0 Å². The van der Waals surface area contributed by atoms with Crippen LogP contribution in [-0.2, 0) is 0 Å². The van der Waals surface area contributed by atoms with Crippen molar-refractivity contribution in [3.05, 3.63) is 0 Å². The number of rotatable bonds is 6. The van der Waals surface area contributed by atoms with Crippen molar-refractivity contribution in [3.63, 3.8) is 0 Å². The van der Waals surface area contributed by atoms with E-state index in [2.05, 4.69) is 46.4 Å². The second kappa shape index (κ2) is 9.17. The Kier molecular flexibility index (Phi) is 7.69. The van der Waals surface area contributed by atoms with Crippen molar-refractivity contribution in [1.29, 1.82) is 0 Å². The van der Waals surface area contributed by atoms with Gasteiger partial charge in [0, 0.05) is 18.9 Å². The second-order valence-electron chi connectivity index (χ2n) is 9.46. The van der Waals surface area contributed by atoms with Crippen LogP contribution in [0, 0.1) is 0 Å². The van der Waals surface area contributed by atoms with Crippen molar-refractivity contribution < 1.29 is 0 Å². The van der Waals surface area contributed by atoms with Crippen LogP contribution in [0.5, 0.6) is 0 Å². The highest BCUT2D eigenvalue weighted by Gasteiger charge is 2.37. The van der Waals surface area contributed by atoms with Crippen LogP contribution in [0.3, 0.4) is 0 Å². The summed E-state index contributed by atoms with van der Waals surface area (Å²) in [5.74, 6) is 0. The lowest BCUT2D eigenvalue weighted by Gasteiger charge is -2.37. The summed E-state index contributed by atoms with van der Waals surface area (Å²) in [4.78, 5) is 3.05. The Morgan fingerprint density at radius 3 is 0.880 bits per heavy atom. The minimum atomic E-state index is 0.242. The van der Waals surface area contributed by atoms with Crippen molar-refractivity contribution in [2.45, 2.75) is 114 Å². The molecule has 146 valence electrons. The highest BCUT2D eigenvalue weighted by atomic mass is 31.1. The predicted molar refractivity (Wildman–Crippen MR) is 122 cm³/mol. The first kappa shape index (κ1) is 21.0. The Balaban J connectivity index is 1.68. The molecular formula is C21H42NP3. The fourth-order valence-electron chi connectivity index (χ4n) is 5.41. The van der Waals surface area contributed by atoms with Crippen LogP contribution in [0.2, 0.25) is 0 Å². The van der Waals surface area contributed by atoms with Gasteiger partial charge in [-0.1, -0.05) is 65.3 Å². The third-order valence-corrected chi connectivity index (χ3v) is 18.0. The summed E-state index contributed by atoms with van der Waals surface area (Å²) in [7, 11) is 0.727. The average Bonchev–Trinajstić information content (AvgIpc) is 3.17. The lowest BCUT2D eigenvalue weighted by atomic mass is 10.2. The van der Waals surface area contributed by atoms with E-state index in [4.69, 9.17) is 0 Å². The van der Waals surface area contributed by atoms with Gasteiger partial charge in [0.25, 0.3) is 0 Å². The molecule has 3 heterocycles. The standard InChI is InChI=1S/C21H42NP3/c1-16-7-8-17(2)23(16)13-22(14-24-18(3)9-10-19(24)4)15-25-20(5)11-12-21(25)6/h16-21H,7-15H2,1-6H3/t16-,17-,18-,19-,20-,21-/m1/s1. The Morgan fingerprint density at radius 1 is 0.480 bits per heavy atom. The van der Waals surface area contributed by atoms with Crippen LogP contribution < -0.4 is 0 Å². The summed E-state index contributed by atoms with van der Waals surface area (Å²) in [6, 6.07) is 0. The molecule has 3 fully saturated rings. The van der Waals surface area contributed by atoms with Gasteiger partial charge in [0.05, 0.1) is 0 Å². The number of hydrogen-bond donors (Lipinski definition) is 0. The molecule has 0 radical (unpaired) electrons. The molecule has 0 N–H and O–H groups in total. The van der Waals surface area contributed by atoms with E-state index in [-0.39, 0.29) is 23.8 Å². The minimum absolute atomic E-state index is 0.242. The normalized spacial score (nSPS) is 41.4. The molecule has 0 amide bonds. The van der Waals surface area contributed by atoms with Crippen LogP contribution in [0.4, 0.5) is 0 Å². The molecule has 0 aliphatic carbocycles. The Hall–Kier alpha value is 1.25. The zero-order valence-electron chi connectivity index (χ0n) is 17.6. The average molecular weight is 401 g/mol. The van der Waals surface area contributed by atoms with Crippen LogP contribution in [0.1, 0.15) is 80.1 Å². The Bertz CT molecular complexity index is 340. The topological polar surface area (TPSA) is 3.24 Å². The molecule has 3 saturated heterocycles. The van der Waals surface area contributed by atoms with E-state index >= 15 is 0 Å². The molecule has 0 aromatic rings. The Labute approximate surface area is 161 Å². The molecule has 1 nitrogen and oxygen atoms in total.